The van der Waals surface area contributed by atoms with E-state index in [2.05, 4.69) is 10.6 Å². The lowest BCUT2D eigenvalue weighted by Crippen LogP contribution is -2.57. The Morgan fingerprint density at radius 1 is 0.545 bits per heavy atom. The van der Waals surface area contributed by atoms with Gasteiger partial charge in [0, 0.05) is 11.1 Å². The highest BCUT2D eigenvalue weighted by atomic mass is 32.2. The van der Waals surface area contributed by atoms with Gasteiger partial charge < -0.3 is 10.6 Å². The third-order valence-corrected chi connectivity index (χ3v) is 10.1. The molecule has 0 aliphatic heterocycles. The Hall–Kier alpha value is -5.20. The van der Waals surface area contributed by atoms with Crippen molar-refractivity contribution in [1.82, 2.24) is 8.83 Å². The van der Waals surface area contributed by atoms with Crippen molar-refractivity contribution in [2.24, 2.45) is 0 Å². The minimum atomic E-state index is -5.02. The number of carbonyl (C=O) groups excluding carboxylic acids is 2. The van der Waals surface area contributed by atoms with Crippen LogP contribution in [0.4, 0.5) is 21.0 Å². The molecule has 0 aliphatic carbocycles. The van der Waals surface area contributed by atoms with E-state index >= 15 is 0 Å². The van der Waals surface area contributed by atoms with E-state index in [0.717, 1.165) is 10.9 Å². The maximum Gasteiger partial charge on any atom is 0.356 e. The van der Waals surface area contributed by atoms with Crippen molar-refractivity contribution in [3.05, 3.63) is 132 Å². The zero-order valence-electron chi connectivity index (χ0n) is 23.7. The highest BCUT2D eigenvalue weighted by Gasteiger charge is 2.45. The van der Waals surface area contributed by atoms with E-state index in [0.29, 0.717) is 10.9 Å². The van der Waals surface area contributed by atoms with Crippen molar-refractivity contribution in [3.8, 4) is 0 Å². The highest BCUT2D eigenvalue weighted by Crippen LogP contribution is 2.30. The summed E-state index contributed by atoms with van der Waals surface area (Å²) >= 11 is 0. The molecular formula is C32H28N4O6S2. The second kappa shape index (κ2) is 12.2. The molecule has 0 saturated carbocycles. The lowest BCUT2D eigenvalue weighted by Gasteiger charge is -2.32. The van der Waals surface area contributed by atoms with Crippen LogP contribution >= 0.6 is 0 Å². The van der Waals surface area contributed by atoms with Crippen LogP contribution in [0.25, 0.3) is 10.8 Å². The van der Waals surface area contributed by atoms with E-state index in [1.165, 1.54) is 60.7 Å². The summed E-state index contributed by atoms with van der Waals surface area (Å²) in [4.78, 5) is 27.3. The third kappa shape index (κ3) is 5.98. The van der Waals surface area contributed by atoms with Gasteiger partial charge in [0.25, 0.3) is 20.0 Å². The summed E-state index contributed by atoms with van der Waals surface area (Å²) in [6, 6.07) is 28.0. The normalized spacial score (nSPS) is 11.5. The average molecular weight is 629 g/mol. The number of sulfonamides is 2. The summed E-state index contributed by atoms with van der Waals surface area (Å²) in [6.07, 6.45) is 0. The Morgan fingerprint density at radius 2 is 1.05 bits per heavy atom. The number of carbonyl (C=O) groups is 2. The predicted octanol–water partition coefficient (Wildman–Crippen LogP) is 6.52. The number of urea groups is 2. The van der Waals surface area contributed by atoms with Crippen LogP contribution in [-0.4, -0.2) is 37.7 Å². The molecule has 44 heavy (non-hydrogen) atoms. The molecule has 0 bridgehead atoms. The van der Waals surface area contributed by atoms with Gasteiger partial charge in [0.05, 0.1) is 15.5 Å². The van der Waals surface area contributed by atoms with Gasteiger partial charge in [-0.15, -0.1) is 8.83 Å². The van der Waals surface area contributed by atoms with Gasteiger partial charge in [-0.1, -0.05) is 90.5 Å². The summed E-state index contributed by atoms with van der Waals surface area (Å²) in [6.45, 7) is 3.45. The minimum Gasteiger partial charge on any atom is -0.305 e. The molecular weight excluding hydrogens is 601 g/mol. The average Bonchev–Trinajstić information content (AvgIpc) is 3.02. The minimum absolute atomic E-state index is 0.0422. The molecule has 0 heterocycles. The van der Waals surface area contributed by atoms with E-state index in [9.17, 15) is 26.4 Å². The zero-order chi connectivity index (χ0) is 31.5. The molecule has 0 unspecified atom stereocenters. The first-order chi connectivity index (χ1) is 21.0. The molecule has 0 fully saturated rings. The number of hydrogen-bond acceptors (Lipinski definition) is 6. The number of para-hydroxylation sites is 1. The van der Waals surface area contributed by atoms with Crippen LogP contribution in [0.5, 0.6) is 0 Å². The fraction of sp³-hybridized carbons (Fsp3) is 0.0625. The number of nitrogens with zero attached hydrogens (tertiary/aromatic N) is 2. The molecule has 5 aromatic carbocycles. The fourth-order valence-corrected chi connectivity index (χ4v) is 7.45. The van der Waals surface area contributed by atoms with E-state index in [-0.39, 0.29) is 20.2 Å². The SMILES string of the molecule is Cc1ccc(S(=O)(=O)N(C(=O)Nc2c(C)ccc3ccccc23)N(C(=O)Nc2ccccc2)S(=O)(=O)c2ccccc2)cc1. The molecule has 0 saturated heterocycles. The number of hydrogen-bond donors (Lipinski definition) is 2. The summed E-state index contributed by atoms with van der Waals surface area (Å²) in [5.41, 5.74) is 1.72. The van der Waals surface area contributed by atoms with Crippen LogP contribution in [0.2, 0.25) is 0 Å². The Morgan fingerprint density at radius 3 is 1.66 bits per heavy atom. The van der Waals surface area contributed by atoms with Crippen molar-refractivity contribution in [3.63, 3.8) is 0 Å². The number of anilines is 2. The quantitative estimate of drug-likeness (QED) is 0.206. The van der Waals surface area contributed by atoms with Crippen molar-refractivity contribution >= 4 is 54.3 Å². The van der Waals surface area contributed by atoms with Gasteiger partial charge in [-0.2, -0.15) is 16.8 Å². The predicted molar refractivity (Wildman–Crippen MR) is 169 cm³/mol. The second-order valence-corrected chi connectivity index (χ2v) is 13.4. The monoisotopic (exact) mass is 628 g/mol. The topological polar surface area (TPSA) is 133 Å². The number of benzene rings is 5. The smallest absolute Gasteiger partial charge is 0.305 e. The van der Waals surface area contributed by atoms with Gasteiger partial charge >= 0.3 is 12.1 Å². The largest absolute Gasteiger partial charge is 0.356 e. The number of hydrazine groups is 1. The fourth-order valence-electron chi connectivity index (χ4n) is 4.47. The maximum atomic E-state index is 14.3. The molecule has 4 amide bonds. The van der Waals surface area contributed by atoms with E-state index in [1.807, 2.05) is 12.1 Å². The third-order valence-electron chi connectivity index (χ3n) is 6.72. The van der Waals surface area contributed by atoms with Gasteiger partial charge in [-0.3, -0.25) is 0 Å². The molecule has 0 spiro atoms. The van der Waals surface area contributed by atoms with Gasteiger partial charge in [0.15, 0.2) is 0 Å². The van der Waals surface area contributed by atoms with E-state index in [4.69, 9.17) is 0 Å². The lowest BCUT2D eigenvalue weighted by molar-refractivity contribution is 0.172. The number of nitrogens with one attached hydrogen (secondary N) is 2. The molecule has 10 nitrogen and oxygen atoms in total. The number of fused-ring (bicyclic) bond motifs is 1. The Balaban J connectivity index is 1.73. The van der Waals surface area contributed by atoms with Crippen molar-refractivity contribution in [2.75, 3.05) is 10.6 Å². The molecule has 224 valence electrons. The molecule has 2 N–H and O–H groups in total. The van der Waals surface area contributed by atoms with Crippen LogP contribution in [0.1, 0.15) is 11.1 Å². The van der Waals surface area contributed by atoms with E-state index < -0.39 is 41.9 Å². The first kappa shape index (κ1) is 30.3. The van der Waals surface area contributed by atoms with Gasteiger partial charge in [0.1, 0.15) is 0 Å². The number of rotatable bonds is 6. The molecule has 0 radical (unpaired) electrons. The van der Waals surface area contributed by atoms with Crippen molar-refractivity contribution in [1.29, 1.82) is 0 Å². The van der Waals surface area contributed by atoms with Crippen LogP contribution in [0.3, 0.4) is 0 Å². The van der Waals surface area contributed by atoms with Crippen LogP contribution < -0.4 is 10.6 Å². The molecule has 0 aliphatic rings. The Bertz CT molecular complexity index is 2050. The number of amides is 4. The van der Waals surface area contributed by atoms with E-state index in [1.54, 1.807) is 62.4 Å². The molecule has 5 rings (SSSR count). The van der Waals surface area contributed by atoms with Gasteiger partial charge in [-0.25, -0.2) is 9.59 Å². The standard InChI is InChI=1S/C32H28N4O6S2/c1-23-17-21-28(22-18-23)44(41,42)36(32(38)34-30-24(2)19-20-25-11-9-10-16-29(25)30)35(31(37)33-26-12-5-3-6-13-26)43(39,40)27-14-7-4-8-15-27/h3-22H,1-2H3,(H,33,37)(H,34,38). The summed E-state index contributed by atoms with van der Waals surface area (Å²) in [5, 5.41) is 6.33. The molecule has 5 aromatic rings. The Kier molecular flexibility index (Phi) is 8.39. The Labute approximate surface area is 255 Å². The van der Waals surface area contributed by atoms with Crippen LogP contribution in [0.15, 0.2) is 131 Å². The van der Waals surface area contributed by atoms with Crippen LogP contribution in [0, 0.1) is 13.8 Å². The van der Waals surface area contributed by atoms with Crippen molar-refractivity contribution in [2.45, 2.75) is 23.6 Å². The van der Waals surface area contributed by atoms with Gasteiger partial charge in [-0.05, 0) is 61.2 Å². The van der Waals surface area contributed by atoms with Crippen molar-refractivity contribution < 1.29 is 26.4 Å². The zero-order valence-corrected chi connectivity index (χ0v) is 25.3. The summed E-state index contributed by atoms with van der Waals surface area (Å²) < 4.78 is 56.8. The van der Waals surface area contributed by atoms with Gasteiger partial charge in [0.2, 0.25) is 0 Å². The first-order valence-electron chi connectivity index (χ1n) is 13.4. The number of aryl methyl sites for hydroxylation is 2. The lowest BCUT2D eigenvalue weighted by atomic mass is 10.0. The maximum absolute atomic E-state index is 14.3. The summed E-state index contributed by atoms with van der Waals surface area (Å²) in [7, 11) is -10.0. The molecule has 12 heteroatoms. The molecule has 0 aromatic heterocycles. The first-order valence-corrected chi connectivity index (χ1v) is 16.3. The second-order valence-electron chi connectivity index (χ2n) is 9.83. The molecule has 0 atom stereocenters. The highest BCUT2D eigenvalue weighted by molar-refractivity contribution is 7.92. The van der Waals surface area contributed by atoms with Crippen LogP contribution in [-0.2, 0) is 20.0 Å². The summed E-state index contributed by atoms with van der Waals surface area (Å²) in [5.74, 6) is 0.